The fourth-order valence-corrected chi connectivity index (χ4v) is 5.41. The molecule has 4 rings (SSSR count). The molecule has 0 bridgehead atoms. The molecule has 190 valence electrons. The molecule has 2 heteroatoms. The van der Waals surface area contributed by atoms with Gasteiger partial charge >= 0.3 is 0 Å². The lowest BCUT2D eigenvalue weighted by molar-refractivity contribution is -0.116. The van der Waals surface area contributed by atoms with E-state index >= 15 is 0 Å². The molecule has 36 heavy (non-hydrogen) atoms. The van der Waals surface area contributed by atoms with E-state index < -0.39 is 0 Å². The van der Waals surface area contributed by atoms with E-state index in [-0.39, 0.29) is 5.91 Å². The summed E-state index contributed by atoms with van der Waals surface area (Å²) in [5, 5.41) is 10.6. The predicted molar refractivity (Wildman–Crippen MR) is 158 cm³/mol. The second-order valence-electron chi connectivity index (χ2n) is 10.4. The average Bonchev–Trinajstić information content (AvgIpc) is 2.90. The van der Waals surface area contributed by atoms with Gasteiger partial charge in [-0.05, 0) is 65.1 Å². The topological polar surface area (TPSA) is 29.1 Å². The van der Waals surface area contributed by atoms with E-state index in [2.05, 4.69) is 79.0 Å². The summed E-state index contributed by atoms with van der Waals surface area (Å²) in [6.45, 7) is 2.27. The van der Waals surface area contributed by atoms with Crippen molar-refractivity contribution in [1.29, 1.82) is 0 Å². The van der Waals surface area contributed by atoms with Gasteiger partial charge in [0.2, 0.25) is 5.91 Å². The Hall–Kier alpha value is -2.87. The maximum atomic E-state index is 12.7. The maximum Gasteiger partial charge on any atom is 0.224 e. The zero-order chi connectivity index (χ0) is 25.0. The van der Waals surface area contributed by atoms with Crippen LogP contribution in [-0.2, 0) is 4.79 Å². The van der Waals surface area contributed by atoms with Crippen LogP contribution < -0.4 is 5.32 Å². The van der Waals surface area contributed by atoms with E-state index in [0.717, 1.165) is 23.9 Å². The van der Waals surface area contributed by atoms with Crippen LogP contribution in [0.3, 0.4) is 0 Å². The number of anilines is 1. The molecule has 0 radical (unpaired) electrons. The van der Waals surface area contributed by atoms with Crippen molar-refractivity contribution in [3.8, 4) is 0 Å². The van der Waals surface area contributed by atoms with E-state index in [4.69, 9.17) is 0 Å². The molecule has 0 aliphatic rings. The Morgan fingerprint density at radius 3 is 1.89 bits per heavy atom. The average molecular weight is 482 g/mol. The van der Waals surface area contributed by atoms with Crippen LogP contribution >= 0.6 is 0 Å². The van der Waals surface area contributed by atoms with Crippen molar-refractivity contribution in [2.45, 2.75) is 96.8 Å². The first-order valence-electron chi connectivity index (χ1n) is 14.4. The van der Waals surface area contributed by atoms with Crippen LogP contribution in [0.1, 0.15) is 96.8 Å². The zero-order valence-electron chi connectivity index (χ0n) is 22.2. The van der Waals surface area contributed by atoms with E-state index in [0.29, 0.717) is 6.42 Å². The second-order valence-corrected chi connectivity index (χ2v) is 10.4. The van der Waals surface area contributed by atoms with Gasteiger partial charge in [0, 0.05) is 17.5 Å². The van der Waals surface area contributed by atoms with E-state index in [1.54, 1.807) is 0 Å². The number of benzene rings is 4. The Morgan fingerprint density at radius 2 is 1.19 bits per heavy atom. The fraction of sp³-hybridized carbons (Fsp3) is 0.441. The van der Waals surface area contributed by atoms with Crippen molar-refractivity contribution in [2.24, 2.45) is 0 Å². The SMILES string of the molecule is CCCCCCCC/C=C/CCCCCCCC(=O)Nc1ccc2ccc3cccc4ccc1c2c34. The maximum absolute atomic E-state index is 12.7. The third-order valence-electron chi connectivity index (χ3n) is 7.47. The molecule has 0 heterocycles. The number of amides is 1. The second kappa shape index (κ2) is 14.0. The number of nitrogens with one attached hydrogen (secondary N) is 1. The molecule has 0 aliphatic carbocycles. The van der Waals surface area contributed by atoms with Gasteiger partial charge in [-0.1, -0.05) is 119 Å². The molecule has 0 spiro atoms. The molecule has 4 aromatic carbocycles. The highest BCUT2D eigenvalue weighted by atomic mass is 16.1. The summed E-state index contributed by atoms with van der Waals surface area (Å²) in [4.78, 5) is 12.7. The molecule has 0 aromatic heterocycles. The van der Waals surface area contributed by atoms with Crippen molar-refractivity contribution in [3.05, 3.63) is 66.7 Å². The minimum atomic E-state index is 0.127. The van der Waals surface area contributed by atoms with Crippen LogP contribution in [0.15, 0.2) is 66.7 Å². The highest BCUT2D eigenvalue weighted by molar-refractivity contribution is 6.25. The summed E-state index contributed by atoms with van der Waals surface area (Å²) in [5.74, 6) is 0.127. The highest BCUT2D eigenvalue weighted by Crippen LogP contribution is 2.37. The van der Waals surface area contributed by atoms with Crippen molar-refractivity contribution in [2.75, 3.05) is 5.32 Å². The highest BCUT2D eigenvalue weighted by Gasteiger charge is 2.12. The number of carbonyl (C=O) groups excluding carboxylic acids is 1. The van der Waals surface area contributed by atoms with E-state index in [1.807, 2.05) is 0 Å². The molecule has 0 aliphatic heterocycles. The van der Waals surface area contributed by atoms with Crippen LogP contribution in [0.2, 0.25) is 0 Å². The molecule has 0 saturated heterocycles. The molecular weight excluding hydrogens is 438 g/mol. The van der Waals surface area contributed by atoms with Crippen molar-refractivity contribution in [1.82, 2.24) is 0 Å². The van der Waals surface area contributed by atoms with Gasteiger partial charge in [-0.15, -0.1) is 0 Å². The van der Waals surface area contributed by atoms with Gasteiger partial charge in [0.1, 0.15) is 0 Å². The normalized spacial score (nSPS) is 11.9. The molecule has 0 unspecified atom stereocenters. The van der Waals surface area contributed by atoms with Crippen LogP contribution in [-0.4, -0.2) is 5.91 Å². The molecule has 0 fully saturated rings. The standard InChI is InChI=1S/C34H43NO/c1-2-3-4-5-6-7-8-9-10-11-12-13-14-15-16-20-32(36)35-31-26-24-29-22-21-27-18-17-19-28-23-25-30(31)34(29)33(27)28/h9-10,17-19,21-26H,2-8,11-16,20H2,1H3,(H,35,36)/b10-9+. The van der Waals surface area contributed by atoms with E-state index in [1.165, 1.54) is 97.6 Å². The minimum Gasteiger partial charge on any atom is -0.326 e. The van der Waals surface area contributed by atoms with Crippen LogP contribution in [0, 0.1) is 0 Å². The van der Waals surface area contributed by atoms with Crippen LogP contribution in [0.25, 0.3) is 32.3 Å². The molecule has 1 N–H and O–H groups in total. The monoisotopic (exact) mass is 481 g/mol. The van der Waals surface area contributed by atoms with Crippen molar-refractivity contribution < 1.29 is 4.79 Å². The Kier molecular flexibility index (Phi) is 10.2. The number of hydrogen-bond donors (Lipinski definition) is 1. The van der Waals surface area contributed by atoms with Gasteiger partial charge in [-0.3, -0.25) is 4.79 Å². The molecule has 1 amide bonds. The molecule has 0 saturated carbocycles. The van der Waals surface area contributed by atoms with Crippen LogP contribution in [0.5, 0.6) is 0 Å². The summed E-state index contributed by atoms with van der Waals surface area (Å²) in [6.07, 6.45) is 21.9. The lowest BCUT2D eigenvalue weighted by Gasteiger charge is -2.14. The smallest absolute Gasteiger partial charge is 0.224 e. The van der Waals surface area contributed by atoms with Gasteiger partial charge in [0.05, 0.1) is 0 Å². The summed E-state index contributed by atoms with van der Waals surface area (Å²) in [7, 11) is 0. The number of unbranched alkanes of at least 4 members (excludes halogenated alkanes) is 11. The van der Waals surface area contributed by atoms with Gasteiger partial charge in [0.25, 0.3) is 0 Å². The Morgan fingerprint density at radius 1 is 0.639 bits per heavy atom. The lowest BCUT2D eigenvalue weighted by Crippen LogP contribution is -2.11. The first-order chi connectivity index (χ1) is 17.8. The summed E-state index contributed by atoms with van der Waals surface area (Å²) in [5.41, 5.74) is 0.929. The Bertz CT molecular complexity index is 1240. The summed E-state index contributed by atoms with van der Waals surface area (Å²) >= 11 is 0. The first kappa shape index (κ1) is 26.2. The van der Waals surface area contributed by atoms with Crippen molar-refractivity contribution >= 4 is 43.9 Å². The molecule has 2 nitrogen and oxygen atoms in total. The lowest BCUT2D eigenvalue weighted by atomic mass is 9.93. The zero-order valence-corrected chi connectivity index (χ0v) is 22.2. The molecule has 4 aromatic rings. The number of allylic oxidation sites excluding steroid dienone is 2. The van der Waals surface area contributed by atoms with E-state index in [9.17, 15) is 4.79 Å². The fourth-order valence-electron chi connectivity index (χ4n) is 5.41. The summed E-state index contributed by atoms with van der Waals surface area (Å²) in [6, 6.07) is 19.3. The minimum absolute atomic E-state index is 0.127. The summed E-state index contributed by atoms with van der Waals surface area (Å²) < 4.78 is 0. The Balaban J connectivity index is 1.13. The number of rotatable bonds is 16. The third kappa shape index (κ3) is 7.09. The number of hydrogen-bond acceptors (Lipinski definition) is 1. The molecular formula is C34H43NO. The van der Waals surface area contributed by atoms with Gasteiger partial charge in [-0.2, -0.15) is 0 Å². The molecule has 0 atom stereocenters. The first-order valence-corrected chi connectivity index (χ1v) is 14.4. The number of carbonyl (C=O) groups is 1. The van der Waals surface area contributed by atoms with Gasteiger partial charge in [0.15, 0.2) is 0 Å². The third-order valence-corrected chi connectivity index (χ3v) is 7.47. The van der Waals surface area contributed by atoms with Gasteiger partial charge < -0.3 is 5.32 Å². The Labute approximate surface area is 217 Å². The van der Waals surface area contributed by atoms with Crippen molar-refractivity contribution in [3.63, 3.8) is 0 Å². The van der Waals surface area contributed by atoms with Crippen LogP contribution in [0.4, 0.5) is 5.69 Å². The quantitative estimate of drug-likeness (QED) is 0.0962. The largest absolute Gasteiger partial charge is 0.326 e. The van der Waals surface area contributed by atoms with Gasteiger partial charge in [-0.25, -0.2) is 0 Å². The predicted octanol–water partition coefficient (Wildman–Crippen LogP) is 10.6.